The zero-order chi connectivity index (χ0) is 37.7. The number of rotatable bonds is 25. The molecule has 0 heterocycles. The van der Waals surface area contributed by atoms with Crippen molar-refractivity contribution in [3.63, 3.8) is 0 Å². The van der Waals surface area contributed by atoms with E-state index in [2.05, 4.69) is 17.1 Å². The van der Waals surface area contributed by atoms with E-state index >= 15 is 0 Å². The van der Waals surface area contributed by atoms with Gasteiger partial charge < -0.3 is 29.5 Å². The molecule has 2 atom stereocenters. The Hall–Kier alpha value is -4.26. The van der Waals surface area contributed by atoms with Gasteiger partial charge in [0.25, 0.3) is 5.09 Å². The van der Waals surface area contributed by atoms with Crippen LogP contribution in [-0.2, 0) is 28.8 Å². The number of aliphatic hydroxyl groups is 1. The molecule has 0 radical (unpaired) electrons. The van der Waals surface area contributed by atoms with E-state index in [1.54, 1.807) is 12.1 Å². The normalized spacial score (nSPS) is 15.2. The number of hydrogen-bond donors (Lipinski definition) is 2. The average molecular weight is 719 g/mol. The number of amides is 1. The highest BCUT2D eigenvalue weighted by atomic mass is 16.9. The minimum Gasteiger partial charge on any atom is -0.493 e. The highest BCUT2D eigenvalue weighted by Crippen LogP contribution is 2.30. The summed E-state index contributed by atoms with van der Waals surface area (Å²) < 4.78 is 15.5. The van der Waals surface area contributed by atoms with E-state index < -0.39 is 17.0 Å². The SMILES string of the molecule is C/C=C\CCCC(=O)NCC(=O)Oc1ccc(/C=C/C(=O)OCCCCO[N+](=O)[O-])cc1OC.CCCCCCCC(=O)CCC1CCCC1O. The van der Waals surface area contributed by atoms with Gasteiger partial charge in [0.05, 0.1) is 26.4 Å². The Balaban J connectivity index is 0.000000637. The number of nitrogens with zero attached hydrogens (tertiary/aromatic N) is 1. The van der Waals surface area contributed by atoms with Crippen LogP contribution in [0.25, 0.3) is 6.08 Å². The van der Waals surface area contributed by atoms with E-state index in [0.717, 1.165) is 44.9 Å². The van der Waals surface area contributed by atoms with Crippen molar-refractivity contribution >= 4 is 29.7 Å². The van der Waals surface area contributed by atoms with Gasteiger partial charge in [0.15, 0.2) is 11.5 Å². The Morgan fingerprint density at radius 1 is 0.980 bits per heavy atom. The van der Waals surface area contributed by atoms with Crippen LogP contribution in [0.15, 0.2) is 36.4 Å². The molecule has 1 fully saturated rings. The van der Waals surface area contributed by atoms with E-state index in [1.165, 1.54) is 51.0 Å². The maximum absolute atomic E-state index is 12.0. The number of carbonyl (C=O) groups excluding carboxylic acids is 4. The molecular weight excluding hydrogens is 660 g/mol. The van der Waals surface area contributed by atoms with Crippen LogP contribution in [0.3, 0.4) is 0 Å². The predicted molar refractivity (Wildman–Crippen MR) is 193 cm³/mol. The predicted octanol–water partition coefficient (Wildman–Crippen LogP) is 6.87. The second-order valence-electron chi connectivity index (χ2n) is 12.4. The molecule has 0 saturated heterocycles. The zero-order valence-electron chi connectivity index (χ0n) is 30.6. The van der Waals surface area contributed by atoms with E-state index in [1.807, 2.05) is 19.1 Å². The number of ether oxygens (including phenoxy) is 3. The summed E-state index contributed by atoms with van der Waals surface area (Å²) in [5.74, 6) is -0.203. The number of nitrogens with one attached hydrogen (secondary N) is 1. The van der Waals surface area contributed by atoms with Crippen molar-refractivity contribution in [2.45, 2.75) is 123 Å². The van der Waals surface area contributed by atoms with Gasteiger partial charge in [0.2, 0.25) is 5.91 Å². The first-order chi connectivity index (χ1) is 24.6. The minimum atomic E-state index is -0.873. The third-order valence-electron chi connectivity index (χ3n) is 8.22. The number of aliphatic hydroxyl groups excluding tert-OH is 1. The van der Waals surface area contributed by atoms with Gasteiger partial charge in [-0.05, 0) is 88.0 Å². The van der Waals surface area contributed by atoms with Crippen LogP contribution in [0.1, 0.15) is 122 Å². The Morgan fingerprint density at radius 3 is 2.43 bits per heavy atom. The third-order valence-corrected chi connectivity index (χ3v) is 8.22. The third kappa shape index (κ3) is 23.0. The van der Waals surface area contributed by atoms with E-state index in [-0.39, 0.29) is 43.3 Å². The van der Waals surface area contributed by atoms with Crippen LogP contribution in [0.5, 0.6) is 11.5 Å². The maximum atomic E-state index is 12.0. The fourth-order valence-electron chi connectivity index (χ4n) is 5.32. The number of ketones is 1. The van der Waals surface area contributed by atoms with Gasteiger partial charge in [0, 0.05) is 25.3 Å². The Morgan fingerprint density at radius 2 is 1.75 bits per heavy atom. The maximum Gasteiger partial charge on any atom is 0.330 e. The second-order valence-corrected chi connectivity index (χ2v) is 12.4. The summed E-state index contributed by atoms with van der Waals surface area (Å²) in [6, 6.07) is 4.70. The van der Waals surface area contributed by atoms with Gasteiger partial charge in [0.1, 0.15) is 12.3 Å². The van der Waals surface area contributed by atoms with Gasteiger partial charge in [-0.1, -0.05) is 57.2 Å². The molecule has 1 aromatic rings. The summed E-state index contributed by atoms with van der Waals surface area (Å²) >= 11 is 0. The fourth-order valence-corrected chi connectivity index (χ4v) is 5.32. The summed E-state index contributed by atoms with van der Waals surface area (Å²) in [6.45, 7) is 3.90. The van der Waals surface area contributed by atoms with Crippen molar-refractivity contribution in [1.29, 1.82) is 0 Å². The van der Waals surface area contributed by atoms with Crippen molar-refractivity contribution in [2.75, 3.05) is 26.9 Å². The number of allylic oxidation sites excluding steroid dienone is 2. The number of methoxy groups -OCH3 is 1. The molecular formula is C38H58N2O11. The summed E-state index contributed by atoms with van der Waals surface area (Å²) in [5.41, 5.74) is 0.599. The largest absolute Gasteiger partial charge is 0.493 e. The summed E-state index contributed by atoms with van der Waals surface area (Å²) in [7, 11) is 1.41. The van der Waals surface area contributed by atoms with Gasteiger partial charge >= 0.3 is 11.9 Å². The molecule has 1 aliphatic rings. The Kier molecular flexibility index (Phi) is 25.0. The number of hydrogen-bond acceptors (Lipinski definition) is 11. The fraction of sp³-hybridized carbons (Fsp3) is 0.632. The van der Waals surface area contributed by atoms with Crippen molar-refractivity contribution in [3.05, 3.63) is 52.1 Å². The number of unbranched alkanes of at least 4 members (excludes halogenated alkanes) is 6. The highest BCUT2D eigenvalue weighted by molar-refractivity contribution is 5.87. The lowest BCUT2D eigenvalue weighted by Gasteiger charge is -2.13. The Bertz CT molecular complexity index is 1250. The Labute approximate surface area is 302 Å². The lowest BCUT2D eigenvalue weighted by atomic mass is 9.96. The van der Waals surface area contributed by atoms with Gasteiger partial charge in [-0.25, -0.2) is 9.59 Å². The molecule has 0 aromatic heterocycles. The summed E-state index contributed by atoms with van der Waals surface area (Å²) in [4.78, 5) is 61.4. The van der Waals surface area contributed by atoms with E-state index in [0.29, 0.717) is 49.4 Å². The van der Waals surface area contributed by atoms with Gasteiger partial charge in [-0.2, -0.15) is 0 Å². The second kappa shape index (κ2) is 28.4. The summed E-state index contributed by atoms with van der Waals surface area (Å²) in [5, 5.41) is 21.3. The van der Waals surface area contributed by atoms with Gasteiger partial charge in [-0.15, -0.1) is 10.1 Å². The van der Waals surface area contributed by atoms with Crippen molar-refractivity contribution in [2.24, 2.45) is 5.92 Å². The molecule has 286 valence electrons. The monoisotopic (exact) mass is 718 g/mol. The average Bonchev–Trinajstić information content (AvgIpc) is 3.53. The number of benzene rings is 1. The zero-order valence-corrected chi connectivity index (χ0v) is 30.6. The first-order valence-electron chi connectivity index (χ1n) is 18.2. The first-order valence-corrected chi connectivity index (χ1v) is 18.2. The smallest absolute Gasteiger partial charge is 0.330 e. The van der Waals surface area contributed by atoms with Crippen molar-refractivity contribution < 1.29 is 48.4 Å². The molecule has 1 saturated carbocycles. The van der Waals surface area contributed by atoms with Crippen LogP contribution in [0, 0.1) is 16.0 Å². The topological polar surface area (TPSA) is 181 Å². The first kappa shape index (κ1) is 44.8. The van der Waals surface area contributed by atoms with Crippen LogP contribution in [0.2, 0.25) is 0 Å². The molecule has 13 nitrogen and oxygen atoms in total. The van der Waals surface area contributed by atoms with Crippen LogP contribution in [0.4, 0.5) is 0 Å². The molecule has 2 unspecified atom stereocenters. The lowest BCUT2D eigenvalue weighted by molar-refractivity contribution is -0.757. The number of esters is 2. The number of carbonyl (C=O) groups is 4. The minimum absolute atomic E-state index is 0.0552. The van der Waals surface area contributed by atoms with E-state index in [4.69, 9.17) is 14.2 Å². The van der Waals surface area contributed by atoms with E-state index in [9.17, 15) is 34.4 Å². The van der Waals surface area contributed by atoms with Crippen LogP contribution < -0.4 is 14.8 Å². The molecule has 13 heteroatoms. The van der Waals surface area contributed by atoms with Crippen LogP contribution in [-0.4, -0.2) is 66.8 Å². The molecule has 0 aliphatic heterocycles. The molecule has 2 rings (SSSR count). The summed E-state index contributed by atoms with van der Waals surface area (Å²) in [6.07, 6.45) is 20.7. The number of Topliss-reactive ketones (excluding diaryl/α,β-unsaturated/α-hetero) is 1. The molecule has 51 heavy (non-hydrogen) atoms. The lowest BCUT2D eigenvalue weighted by Crippen LogP contribution is -2.31. The molecule has 1 aromatic carbocycles. The van der Waals surface area contributed by atoms with Crippen LogP contribution >= 0.6 is 0 Å². The molecule has 0 bridgehead atoms. The molecule has 2 N–H and O–H groups in total. The highest BCUT2D eigenvalue weighted by Gasteiger charge is 2.25. The van der Waals surface area contributed by atoms with Crippen molar-refractivity contribution in [3.8, 4) is 11.5 Å². The molecule has 1 amide bonds. The van der Waals surface area contributed by atoms with Crippen molar-refractivity contribution in [1.82, 2.24) is 5.32 Å². The standard InChI is InChI=1S/C23H30N2O9.C15H28O2/c1-3-4-5-6-9-21(26)24-17-23(28)34-19-12-10-18(16-20(19)31-2)11-13-22(27)32-14-7-8-15-33-25(29)30;1-2-3-4-5-6-9-14(16)12-11-13-8-7-10-15(13)17/h3-4,10-13,16H,5-9,14-15,17H2,1-2H3,(H,24,26);13,15,17H,2-12H2,1H3/b4-3-,13-11+;. The molecule has 1 aliphatic carbocycles. The van der Waals surface area contributed by atoms with Gasteiger partial charge in [-0.3, -0.25) is 9.59 Å². The molecule has 0 spiro atoms. The quantitative estimate of drug-likeness (QED) is 0.0205.